The van der Waals surface area contributed by atoms with Crippen LogP contribution in [0.4, 0.5) is 0 Å². The number of ether oxygens (including phenoxy) is 1. The average Bonchev–Trinajstić information content (AvgIpc) is 1.83. The van der Waals surface area contributed by atoms with Crippen molar-refractivity contribution in [3.8, 4) is 0 Å². The second-order valence-electron chi connectivity index (χ2n) is 1.95. The van der Waals surface area contributed by atoms with Gasteiger partial charge in [0.1, 0.15) is 0 Å². The van der Waals surface area contributed by atoms with Gasteiger partial charge in [0.05, 0.1) is 22.2 Å². The topological polar surface area (TPSA) is 9.23 Å². The van der Waals surface area contributed by atoms with Crippen LogP contribution in [0.3, 0.4) is 0 Å². The van der Waals surface area contributed by atoms with E-state index in [2.05, 4.69) is 19.2 Å². The molecule has 0 fully saturated rings. The van der Waals surface area contributed by atoms with Gasteiger partial charge in [-0.1, -0.05) is 25.2 Å². The van der Waals surface area contributed by atoms with Crippen molar-refractivity contribution in [3.05, 3.63) is 12.0 Å². The van der Waals surface area contributed by atoms with Crippen LogP contribution in [-0.4, -0.2) is 15.9 Å². The molecule has 1 atom stereocenters. The molecule has 0 radical (unpaired) electrons. The Balaban J connectivity index is 3.21. The second kappa shape index (κ2) is 4.90. The van der Waals surface area contributed by atoms with Crippen LogP contribution < -0.4 is 0 Å². The molecule has 0 aliphatic rings. The standard InChI is InChI=1S/C6H14OSi/c1-4-8(3)6-5-7-2/h5-6,8H,4H2,1-3H3. The molecule has 0 bridgehead atoms. The lowest BCUT2D eigenvalue weighted by Crippen LogP contribution is -1.98. The van der Waals surface area contributed by atoms with Crippen LogP contribution in [0.1, 0.15) is 6.92 Å². The molecule has 0 aliphatic heterocycles. The summed E-state index contributed by atoms with van der Waals surface area (Å²) in [5, 5.41) is 0. The van der Waals surface area contributed by atoms with Crippen LogP contribution in [0, 0.1) is 0 Å². The van der Waals surface area contributed by atoms with E-state index in [1.54, 1.807) is 13.4 Å². The molecule has 0 amide bonds. The molecule has 0 N–H and O–H groups in total. The van der Waals surface area contributed by atoms with Gasteiger partial charge in [-0.15, -0.1) is 0 Å². The Morgan fingerprint density at radius 2 is 2.25 bits per heavy atom. The summed E-state index contributed by atoms with van der Waals surface area (Å²) in [6, 6.07) is 1.32. The molecule has 1 unspecified atom stereocenters. The molecule has 0 heterocycles. The first-order chi connectivity index (χ1) is 3.81. The van der Waals surface area contributed by atoms with Crippen molar-refractivity contribution >= 4 is 8.80 Å². The zero-order chi connectivity index (χ0) is 6.41. The molecule has 0 aliphatic carbocycles. The lowest BCUT2D eigenvalue weighted by atomic mass is 11.0. The molecule has 0 aromatic rings. The van der Waals surface area contributed by atoms with E-state index < -0.39 is 8.80 Å². The zero-order valence-corrected chi connectivity index (χ0v) is 7.00. The van der Waals surface area contributed by atoms with E-state index in [9.17, 15) is 0 Å². The summed E-state index contributed by atoms with van der Waals surface area (Å²) in [5.74, 6) is 0. The van der Waals surface area contributed by atoms with E-state index in [-0.39, 0.29) is 0 Å². The van der Waals surface area contributed by atoms with Crippen LogP contribution in [0.25, 0.3) is 0 Å². The molecule has 0 spiro atoms. The minimum Gasteiger partial charge on any atom is -0.505 e. The molecule has 8 heavy (non-hydrogen) atoms. The van der Waals surface area contributed by atoms with E-state index in [4.69, 9.17) is 4.74 Å². The molecule has 0 rings (SSSR count). The fourth-order valence-electron chi connectivity index (χ4n) is 0.349. The zero-order valence-electron chi connectivity index (χ0n) is 5.85. The third-order valence-corrected chi connectivity index (χ3v) is 3.29. The van der Waals surface area contributed by atoms with Crippen molar-refractivity contribution < 1.29 is 4.74 Å². The van der Waals surface area contributed by atoms with Crippen molar-refractivity contribution in [2.45, 2.75) is 19.5 Å². The first kappa shape index (κ1) is 7.76. The normalized spacial score (nSPS) is 14.4. The van der Waals surface area contributed by atoms with Crippen LogP contribution >= 0.6 is 0 Å². The summed E-state index contributed by atoms with van der Waals surface area (Å²) >= 11 is 0. The maximum absolute atomic E-state index is 4.77. The third kappa shape index (κ3) is 3.93. The fourth-order valence-corrected chi connectivity index (χ4v) is 1.05. The highest BCUT2D eigenvalue weighted by molar-refractivity contribution is 6.62. The third-order valence-electron chi connectivity index (χ3n) is 1.19. The monoisotopic (exact) mass is 130 g/mol. The summed E-state index contributed by atoms with van der Waals surface area (Å²) < 4.78 is 4.77. The summed E-state index contributed by atoms with van der Waals surface area (Å²) in [5.41, 5.74) is 2.19. The smallest absolute Gasteiger partial charge is 0.0766 e. The van der Waals surface area contributed by atoms with E-state index >= 15 is 0 Å². The minimum absolute atomic E-state index is 0.505. The highest BCUT2D eigenvalue weighted by Crippen LogP contribution is 1.90. The van der Waals surface area contributed by atoms with Gasteiger partial charge < -0.3 is 4.74 Å². The first-order valence-electron chi connectivity index (χ1n) is 3.00. The lowest BCUT2D eigenvalue weighted by Gasteiger charge is -1.94. The fraction of sp³-hybridized carbons (Fsp3) is 0.667. The molecular formula is C6H14OSi. The van der Waals surface area contributed by atoms with Gasteiger partial charge in [0, 0.05) is 0 Å². The number of rotatable bonds is 3. The minimum atomic E-state index is -0.505. The summed E-state index contributed by atoms with van der Waals surface area (Å²) in [4.78, 5) is 0. The predicted molar refractivity (Wildman–Crippen MR) is 39.6 cm³/mol. The molecule has 0 aromatic carbocycles. The van der Waals surface area contributed by atoms with Gasteiger partial charge in [-0.05, 0) is 0 Å². The Hall–Kier alpha value is -0.243. The molecule has 0 saturated carbocycles. The van der Waals surface area contributed by atoms with E-state index in [0.717, 1.165) is 0 Å². The van der Waals surface area contributed by atoms with Crippen LogP contribution in [0.5, 0.6) is 0 Å². The SMILES string of the molecule is CC[SiH](C)C=COC. The van der Waals surface area contributed by atoms with Gasteiger partial charge >= 0.3 is 0 Å². The van der Waals surface area contributed by atoms with Crippen molar-refractivity contribution in [1.82, 2.24) is 0 Å². The lowest BCUT2D eigenvalue weighted by molar-refractivity contribution is 0.338. The Labute approximate surface area is 53.0 Å². The van der Waals surface area contributed by atoms with E-state index in [1.165, 1.54) is 6.04 Å². The maximum Gasteiger partial charge on any atom is 0.0766 e. The molecule has 1 nitrogen and oxygen atoms in total. The Morgan fingerprint density at radius 3 is 2.62 bits per heavy atom. The molecular weight excluding hydrogens is 116 g/mol. The first-order valence-corrected chi connectivity index (χ1v) is 5.64. The summed E-state index contributed by atoms with van der Waals surface area (Å²) in [6.45, 7) is 4.52. The molecule has 0 saturated heterocycles. The van der Waals surface area contributed by atoms with Crippen molar-refractivity contribution in [2.24, 2.45) is 0 Å². The molecule has 2 heteroatoms. The number of hydrogen-bond donors (Lipinski definition) is 0. The predicted octanol–water partition coefficient (Wildman–Crippen LogP) is 1.56. The van der Waals surface area contributed by atoms with Gasteiger partial charge in [0.2, 0.25) is 0 Å². The second-order valence-corrected chi connectivity index (χ2v) is 5.11. The Kier molecular flexibility index (Phi) is 4.76. The van der Waals surface area contributed by atoms with Crippen LogP contribution in [0.15, 0.2) is 12.0 Å². The van der Waals surface area contributed by atoms with Gasteiger partial charge in [0.15, 0.2) is 0 Å². The Bertz CT molecular complexity index is 70.9. The summed E-state index contributed by atoms with van der Waals surface area (Å²) in [7, 11) is 1.18. The van der Waals surface area contributed by atoms with Gasteiger partial charge in [-0.25, -0.2) is 0 Å². The highest BCUT2D eigenvalue weighted by atomic mass is 28.3. The quantitative estimate of drug-likeness (QED) is 0.416. The van der Waals surface area contributed by atoms with Gasteiger partial charge in [0.25, 0.3) is 0 Å². The van der Waals surface area contributed by atoms with E-state index in [0.29, 0.717) is 0 Å². The molecule has 0 aromatic heterocycles. The highest BCUT2D eigenvalue weighted by Gasteiger charge is 1.90. The maximum atomic E-state index is 4.77. The Morgan fingerprint density at radius 1 is 1.62 bits per heavy atom. The van der Waals surface area contributed by atoms with Crippen LogP contribution in [0.2, 0.25) is 12.6 Å². The average molecular weight is 130 g/mol. The van der Waals surface area contributed by atoms with Gasteiger partial charge in [-0.3, -0.25) is 0 Å². The van der Waals surface area contributed by atoms with Gasteiger partial charge in [-0.2, -0.15) is 0 Å². The molecule has 48 valence electrons. The van der Waals surface area contributed by atoms with Crippen LogP contribution in [-0.2, 0) is 4.74 Å². The number of hydrogen-bond acceptors (Lipinski definition) is 1. The van der Waals surface area contributed by atoms with E-state index in [1.807, 2.05) is 0 Å². The van der Waals surface area contributed by atoms with Crippen molar-refractivity contribution in [1.29, 1.82) is 0 Å². The number of methoxy groups -OCH3 is 1. The van der Waals surface area contributed by atoms with Crippen molar-refractivity contribution in [3.63, 3.8) is 0 Å². The summed E-state index contributed by atoms with van der Waals surface area (Å²) in [6.07, 6.45) is 1.79. The van der Waals surface area contributed by atoms with Crippen molar-refractivity contribution in [2.75, 3.05) is 7.11 Å². The largest absolute Gasteiger partial charge is 0.505 e.